The standard InChI is InChI=1S/C16H19ClN4O/c1-12-11-20(16-8-7-15(17)18-19-16)9-10-21(12)13-3-5-14(22-2)6-4-13/h3-8,12H,9-11H2,1-2H3. The Kier molecular flexibility index (Phi) is 4.34. The van der Waals surface area contributed by atoms with Crippen molar-refractivity contribution in [1.82, 2.24) is 10.2 Å². The zero-order valence-electron chi connectivity index (χ0n) is 12.7. The van der Waals surface area contributed by atoms with Gasteiger partial charge < -0.3 is 14.5 Å². The fraction of sp³-hybridized carbons (Fsp3) is 0.375. The van der Waals surface area contributed by atoms with Crippen LogP contribution in [0.5, 0.6) is 5.75 Å². The van der Waals surface area contributed by atoms with Crippen LogP contribution in [0.2, 0.25) is 5.15 Å². The van der Waals surface area contributed by atoms with E-state index in [1.807, 2.05) is 18.2 Å². The number of aromatic nitrogens is 2. The van der Waals surface area contributed by atoms with Gasteiger partial charge in [-0.05, 0) is 43.3 Å². The summed E-state index contributed by atoms with van der Waals surface area (Å²) >= 11 is 5.80. The van der Waals surface area contributed by atoms with Crippen molar-refractivity contribution in [2.75, 3.05) is 36.5 Å². The minimum absolute atomic E-state index is 0.389. The molecule has 2 aromatic rings. The Labute approximate surface area is 135 Å². The summed E-state index contributed by atoms with van der Waals surface area (Å²) in [5.74, 6) is 1.76. The Hall–Kier alpha value is -2.01. The molecule has 22 heavy (non-hydrogen) atoms. The summed E-state index contributed by atoms with van der Waals surface area (Å²) in [6.45, 7) is 4.98. The molecular formula is C16H19ClN4O. The number of hydrogen-bond donors (Lipinski definition) is 0. The van der Waals surface area contributed by atoms with E-state index in [0.717, 1.165) is 31.2 Å². The number of rotatable bonds is 3. The Balaban J connectivity index is 1.70. The molecule has 0 amide bonds. The molecule has 5 nitrogen and oxygen atoms in total. The first-order chi connectivity index (χ1) is 10.7. The van der Waals surface area contributed by atoms with Gasteiger partial charge in [0.2, 0.25) is 0 Å². The number of halogens is 1. The summed E-state index contributed by atoms with van der Waals surface area (Å²) in [4.78, 5) is 4.65. The number of anilines is 2. The first-order valence-corrected chi connectivity index (χ1v) is 7.70. The van der Waals surface area contributed by atoms with Gasteiger partial charge in [-0.2, -0.15) is 0 Å². The summed E-state index contributed by atoms with van der Waals surface area (Å²) < 4.78 is 5.22. The Morgan fingerprint density at radius 3 is 2.45 bits per heavy atom. The molecule has 0 aliphatic carbocycles. The second kappa shape index (κ2) is 6.40. The molecule has 0 bridgehead atoms. The fourth-order valence-electron chi connectivity index (χ4n) is 2.80. The van der Waals surface area contributed by atoms with Gasteiger partial charge in [0.15, 0.2) is 11.0 Å². The molecule has 1 aliphatic heterocycles. The average Bonchev–Trinajstić information content (AvgIpc) is 2.56. The first kappa shape index (κ1) is 14.9. The lowest BCUT2D eigenvalue weighted by Crippen LogP contribution is -2.52. The van der Waals surface area contributed by atoms with Crippen molar-refractivity contribution in [3.05, 3.63) is 41.6 Å². The van der Waals surface area contributed by atoms with Crippen LogP contribution in [0.4, 0.5) is 11.5 Å². The van der Waals surface area contributed by atoms with Crippen molar-refractivity contribution in [1.29, 1.82) is 0 Å². The largest absolute Gasteiger partial charge is 0.497 e. The van der Waals surface area contributed by atoms with E-state index in [1.54, 1.807) is 13.2 Å². The molecule has 0 spiro atoms. The lowest BCUT2D eigenvalue weighted by atomic mass is 10.1. The molecule has 116 valence electrons. The maximum absolute atomic E-state index is 5.80. The Morgan fingerprint density at radius 2 is 1.86 bits per heavy atom. The van der Waals surface area contributed by atoms with Gasteiger partial charge in [-0.3, -0.25) is 0 Å². The van der Waals surface area contributed by atoms with Crippen LogP contribution in [0.3, 0.4) is 0 Å². The predicted molar refractivity (Wildman–Crippen MR) is 89.1 cm³/mol. The van der Waals surface area contributed by atoms with Crippen molar-refractivity contribution < 1.29 is 4.74 Å². The van der Waals surface area contributed by atoms with E-state index >= 15 is 0 Å². The minimum Gasteiger partial charge on any atom is -0.497 e. The Morgan fingerprint density at radius 1 is 1.09 bits per heavy atom. The molecule has 2 heterocycles. The van der Waals surface area contributed by atoms with Gasteiger partial charge in [0.25, 0.3) is 0 Å². The van der Waals surface area contributed by atoms with E-state index in [1.165, 1.54) is 5.69 Å². The van der Waals surface area contributed by atoms with E-state index in [4.69, 9.17) is 16.3 Å². The van der Waals surface area contributed by atoms with Crippen molar-refractivity contribution in [3.63, 3.8) is 0 Å². The number of ether oxygens (including phenoxy) is 1. The zero-order valence-corrected chi connectivity index (χ0v) is 13.5. The van der Waals surface area contributed by atoms with Crippen molar-refractivity contribution in [2.45, 2.75) is 13.0 Å². The summed E-state index contributed by atoms with van der Waals surface area (Å²) in [7, 11) is 1.68. The van der Waals surface area contributed by atoms with Gasteiger partial charge in [-0.15, -0.1) is 10.2 Å². The number of nitrogens with zero attached hydrogens (tertiary/aromatic N) is 4. The minimum atomic E-state index is 0.389. The van der Waals surface area contributed by atoms with E-state index < -0.39 is 0 Å². The van der Waals surface area contributed by atoms with Crippen molar-refractivity contribution >= 4 is 23.1 Å². The molecule has 1 unspecified atom stereocenters. The quantitative estimate of drug-likeness (QED) is 0.870. The normalized spacial score (nSPS) is 18.4. The van der Waals surface area contributed by atoms with Crippen LogP contribution in [-0.4, -0.2) is 43.0 Å². The third-order valence-corrected chi connectivity index (χ3v) is 4.18. The Bertz CT molecular complexity index is 617. The van der Waals surface area contributed by atoms with Gasteiger partial charge in [-0.1, -0.05) is 11.6 Å². The lowest BCUT2D eigenvalue weighted by Gasteiger charge is -2.41. The van der Waals surface area contributed by atoms with Gasteiger partial charge >= 0.3 is 0 Å². The molecule has 1 aromatic heterocycles. The van der Waals surface area contributed by atoms with Crippen LogP contribution in [0.15, 0.2) is 36.4 Å². The van der Waals surface area contributed by atoms with Crippen LogP contribution in [0, 0.1) is 0 Å². The molecular weight excluding hydrogens is 300 g/mol. The molecule has 1 saturated heterocycles. The molecule has 6 heteroatoms. The van der Waals surface area contributed by atoms with Gasteiger partial charge in [0.05, 0.1) is 7.11 Å². The van der Waals surface area contributed by atoms with Gasteiger partial charge in [-0.25, -0.2) is 0 Å². The second-order valence-electron chi connectivity index (χ2n) is 5.40. The molecule has 1 atom stereocenters. The van der Waals surface area contributed by atoms with E-state index in [0.29, 0.717) is 11.2 Å². The molecule has 0 N–H and O–H groups in total. The number of benzene rings is 1. The summed E-state index contributed by atoms with van der Waals surface area (Å²) in [6.07, 6.45) is 0. The van der Waals surface area contributed by atoms with Crippen LogP contribution in [-0.2, 0) is 0 Å². The zero-order chi connectivity index (χ0) is 15.5. The van der Waals surface area contributed by atoms with Gasteiger partial charge in [0, 0.05) is 31.4 Å². The molecule has 1 aliphatic rings. The average molecular weight is 319 g/mol. The molecule has 0 radical (unpaired) electrons. The highest BCUT2D eigenvalue weighted by Gasteiger charge is 2.24. The molecule has 1 aromatic carbocycles. The van der Waals surface area contributed by atoms with E-state index in [9.17, 15) is 0 Å². The van der Waals surface area contributed by atoms with Gasteiger partial charge in [0.1, 0.15) is 5.75 Å². The maximum Gasteiger partial charge on any atom is 0.151 e. The van der Waals surface area contributed by atoms with E-state index in [2.05, 4.69) is 39.1 Å². The number of methoxy groups -OCH3 is 1. The van der Waals surface area contributed by atoms with Crippen LogP contribution in [0.1, 0.15) is 6.92 Å². The van der Waals surface area contributed by atoms with Crippen molar-refractivity contribution in [3.8, 4) is 5.75 Å². The topological polar surface area (TPSA) is 41.5 Å². The summed E-state index contributed by atoms with van der Waals surface area (Å²) in [5, 5.41) is 8.51. The second-order valence-corrected chi connectivity index (χ2v) is 5.79. The van der Waals surface area contributed by atoms with Crippen LogP contribution in [0.25, 0.3) is 0 Å². The molecule has 3 rings (SSSR count). The highest BCUT2D eigenvalue weighted by atomic mass is 35.5. The number of piperazine rings is 1. The summed E-state index contributed by atoms with van der Waals surface area (Å²) in [5.41, 5.74) is 1.22. The van der Waals surface area contributed by atoms with Crippen LogP contribution >= 0.6 is 11.6 Å². The first-order valence-electron chi connectivity index (χ1n) is 7.32. The third-order valence-electron chi connectivity index (χ3n) is 3.97. The monoisotopic (exact) mass is 318 g/mol. The van der Waals surface area contributed by atoms with Crippen molar-refractivity contribution in [2.24, 2.45) is 0 Å². The molecule has 0 saturated carbocycles. The predicted octanol–water partition coefficient (Wildman–Crippen LogP) is 2.85. The number of hydrogen-bond acceptors (Lipinski definition) is 5. The van der Waals surface area contributed by atoms with E-state index in [-0.39, 0.29) is 0 Å². The molecule has 1 fully saturated rings. The smallest absolute Gasteiger partial charge is 0.151 e. The maximum atomic E-state index is 5.80. The SMILES string of the molecule is COc1ccc(N2CCN(c3ccc(Cl)nn3)CC2C)cc1. The van der Waals surface area contributed by atoms with Crippen LogP contribution < -0.4 is 14.5 Å². The lowest BCUT2D eigenvalue weighted by molar-refractivity contribution is 0.414. The highest BCUT2D eigenvalue weighted by Crippen LogP contribution is 2.25. The summed E-state index contributed by atoms with van der Waals surface area (Å²) in [6, 6.07) is 12.3. The third kappa shape index (κ3) is 3.09. The highest BCUT2D eigenvalue weighted by molar-refractivity contribution is 6.29. The fourth-order valence-corrected chi connectivity index (χ4v) is 2.90.